The van der Waals surface area contributed by atoms with Gasteiger partial charge in [0.1, 0.15) is 6.54 Å². The normalized spacial score (nSPS) is 16.3. The van der Waals surface area contributed by atoms with E-state index in [1.54, 1.807) is 28.4 Å². The van der Waals surface area contributed by atoms with Crippen LogP contribution in [0.25, 0.3) is 0 Å². The molecule has 2 aromatic rings. The van der Waals surface area contributed by atoms with Crippen molar-refractivity contribution in [1.82, 2.24) is 5.06 Å². The van der Waals surface area contributed by atoms with Crippen molar-refractivity contribution in [3.63, 3.8) is 0 Å². The molecule has 2 unspecified atom stereocenters. The molecule has 0 aliphatic carbocycles. The largest absolute Gasteiger partial charge is 0.493 e. The Morgan fingerprint density at radius 3 is 2.21 bits per heavy atom. The van der Waals surface area contributed by atoms with Gasteiger partial charge < -0.3 is 28.4 Å². The molecule has 1 N–H and O–H groups in total. The van der Waals surface area contributed by atoms with Gasteiger partial charge in [-0.25, -0.2) is 5.06 Å². The summed E-state index contributed by atoms with van der Waals surface area (Å²) in [6.07, 6.45) is 1.73. The van der Waals surface area contributed by atoms with E-state index in [1.807, 2.05) is 25.1 Å². The summed E-state index contributed by atoms with van der Waals surface area (Å²) in [7, 11) is 6.37. The molecule has 3 rings (SSSR count). The van der Waals surface area contributed by atoms with Crippen LogP contribution in [0.3, 0.4) is 0 Å². The molecule has 38 heavy (non-hydrogen) atoms. The SMILES string of the molecule is CCCOc1c(CC#CN(O)CC(C)=O)cc(C2COC(c3cc(OC)c(OC)c(OC)c3)C2)cc1OC. The monoisotopic (exact) mass is 527 g/mol. The number of nitrogens with zero attached hydrogens (tertiary/aromatic N) is 1. The molecular formula is C29H37NO8. The Balaban J connectivity index is 1.89. The average molecular weight is 528 g/mol. The van der Waals surface area contributed by atoms with Gasteiger partial charge in [0.15, 0.2) is 28.8 Å². The van der Waals surface area contributed by atoms with E-state index in [1.165, 1.54) is 6.92 Å². The van der Waals surface area contributed by atoms with Crippen LogP contribution in [0.5, 0.6) is 28.7 Å². The lowest BCUT2D eigenvalue weighted by Gasteiger charge is -2.18. The lowest BCUT2D eigenvalue weighted by Crippen LogP contribution is -2.19. The van der Waals surface area contributed by atoms with Crippen LogP contribution in [0, 0.1) is 12.0 Å². The van der Waals surface area contributed by atoms with Gasteiger partial charge in [-0.2, -0.15) is 0 Å². The summed E-state index contributed by atoms with van der Waals surface area (Å²) >= 11 is 0. The molecule has 0 spiro atoms. The second-order valence-electron chi connectivity index (χ2n) is 9.00. The summed E-state index contributed by atoms with van der Waals surface area (Å²) < 4.78 is 34.4. The third-order valence-corrected chi connectivity index (χ3v) is 6.21. The predicted molar refractivity (Wildman–Crippen MR) is 142 cm³/mol. The number of ketones is 1. The van der Waals surface area contributed by atoms with E-state index in [0.717, 1.165) is 29.5 Å². The van der Waals surface area contributed by atoms with Gasteiger partial charge >= 0.3 is 0 Å². The van der Waals surface area contributed by atoms with E-state index in [0.29, 0.717) is 53.4 Å². The fourth-order valence-corrected chi connectivity index (χ4v) is 4.43. The van der Waals surface area contributed by atoms with Crippen LogP contribution >= 0.6 is 0 Å². The molecular weight excluding hydrogens is 490 g/mol. The molecule has 1 aliphatic heterocycles. The standard InChI is InChI=1S/C29H37NO8/c1-7-11-37-28-20(9-8-10-30(32)17-19(2)31)12-21(13-25(28)33-3)23-16-24(38-18-23)22-14-26(34-4)29(36-6)27(15-22)35-5/h12-15,23-24,32H,7,9,11,16-18H2,1-6H3. The molecule has 1 aliphatic rings. The minimum Gasteiger partial charge on any atom is -0.493 e. The number of benzene rings is 2. The van der Waals surface area contributed by atoms with Crippen molar-refractivity contribution in [2.75, 3.05) is 48.2 Å². The Labute approximate surface area is 224 Å². The van der Waals surface area contributed by atoms with E-state index in [2.05, 4.69) is 18.0 Å². The first kappa shape index (κ1) is 29.0. The zero-order valence-corrected chi connectivity index (χ0v) is 23.0. The molecule has 0 aromatic heterocycles. The van der Waals surface area contributed by atoms with Gasteiger partial charge in [0, 0.05) is 23.9 Å². The van der Waals surface area contributed by atoms with Crippen molar-refractivity contribution in [1.29, 1.82) is 0 Å². The molecule has 0 radical (unpaired) electrons. The van der Waals surface area contributed by atoms with Gasteiger partial charge in [0.05, 0.1) is 47.8 Å². The summed E-state index contributed by atoms with van der Waals surface area (Å²) in [5, 5.41) is 10.5. The lowest BCUT2D eigenvalue weighted by atomic mass is 9.91. The van der Waals surface area contributed by atoms with E-state index in [-0.39, 0.29) is 24.3 Å². The van der Waals surface area contributed by atoms with Crippen LogP contribution in [0.4, 0.5) is 0 Å². The summed E-state index contributed by atoms with van der Waals surface area (Å²) in [5.41, 5.74) is 2.83. The summed E-state index contributed by atoms with van der Waals surface area (Å²) in [6.45, 7) is 4.32. The number of carbonyl (C=O) groups is 1. The second kappa shape index (κ2) is 13.8. The van der Waals surface area contributed by atoms with Crippen LogP contribution in [0.15, 0.2) is 24.3 Å². The van der Waals surface area contributed by atoms with Crippen molar-refractivity contribution in [3.8, 4) is 40.7 Å². The molecule has 9 heteroatoms. The first-order valence-corrected chi connectivity index (χ1v) is 12.5. The molecule has 1 saturated heterocycles. The van der Waals surface area contributed by atoms with Crippen LogP contribution in [0.1, 0.15) is 55.4 Å². The van der Waals surface area contributed by atoms with Gasteiger partial charge in [-0.15, -0.1) is 0 Å². The third-order valence-electron chi connectivity index (χ3n) is 6.21. The topological polar surface area (TPSA) is 95.9 Å². The maximum Gasteiger partial charge on any atom is 0.203 e. The van der Waals surface area contributed by atoms with Gasteiger partial charge in [0.25, 0.3) is 0 Å². The molecule has 2 aromatic carbocycles. The number of Topliss-reactive ketones (excluding diaryl/α,β-unsaturated/α-hetero) is 1. The molecule has 1 heterocycles. The van der Waals surface area contributed by atoms with E-state index in [4.69, 9.17) is 28.4 Å². The van der Waals surface area contributed by atoms with E-state index >= 15 is 0 Å². The maximum atomic E-state index is 11.2. The Morgan fingerprint density at radius 1 is 1.00 bits per heavy atom. The fraction of sp³-hybridized carbons (Fsp3) is 0.483. The number of rotatable bonds is 12. The van der Waals surface area contributed by atoms with E-state index < -0.39 is 0 Å². The van der Waals surface area contributed by atoms with Crippen molar-refractivity contribution >= 4 is 5.78 Å². The molecule has 2 atom stereocenters. The number of methoxy groups -OCH3 is 4. The van der Waals surface area contributed by atoms with Crippen molar-refractivity contribution in [2.45, 2.75) is 45.1 Å². The maximum absolute atomic E-state index is 11.2. The summed E-state index contributed by atoms with van der Waals surface area (Å²) in [4.78, 5) is 11.2. The Morgan fingerprint density at radius 2 is 1.63 bits per heavy atom. The lowest BCUT2D eigenvalue weighted by molar-refractivity contribution is -0.124. The highest BCUT2D eigenvalue weighted by Crippen LogP contribution is 2.46. The molecule has 0 bridgehead atoms. The fourth-order valence-electron chi connectivity index (χ4n) is 4.43. The summed E-state index contributed by atoms with van der Waals surface area (Å²) in [6, 6.07) is 10.5. The number of ether oxygens (including phenoxy) is 6. The Kier molecular flexibility index (Phi) is 10.5. The highest BCUT2D eigenvalue weighted by molar-refractivity contribution is 5.77. The minimum atomic E-state index is -0.180. The van der Waals surface area contributed by atoms with Gasteiger partial charge in [-0.05, 0) is 49.1 Å². The predicted octanol–water partition coefficient (Wildman–Crippen LogP) is 4.54. The third kappa shape index (κ3) is 7.03. The molecule has 0 saturated carbocycles. The highest BCUT2D eigenvalue weighted by Gasteiger charge is 2.31. The average Bonchev–Trinajstić information content (AvgIpc) is 3.41. The van der Waals surface area contributed by atoms with Crippen molar-refractivity contribution < 1.29 is 38.4 Å². The van der Waals surface area contributed by atoms with Crippen LogP contribution in [-0.2, 0) is 16.0 Å². The van der Waals surface area contributed by atoms with Gasteiger partial charge in [-0.1, -0.05) is 18.9 Å². The number of hydrogen-bond acceptors (Lipinski definition) is 9. The first-order valence-electron chi connectivity index (χ1n) is 12.5. The van der Waals surface area contributed by atoms with Crippen LogP contribution in [0.2, 0.25) is 0 Å². The number of hydroxylamine groups is 2. The molecule has 9 nitrogen and oxygen atoms in total. The minimum absolute atomic E-state index is 0.104. The van der Waals surface area contributed by atoms with Crippen LogP contribution < -0.4 is 23.7 Å². The van der Waals surface area contributed by atoms with Gasteiger partial charge in [0.2, 0.25) is 5.75 Å². The Bertz CT molecular complexity index is 1140. The molecule has 1 fully saturated rings. The van der Waals surface area contributed by atoms with Gasteiger partial charge in [-0.3, -0.25) is 10.0 Å². The molecule has 0 amide bonds. The smallest absolute Gasteiger partial charge is 0.203 e. The van der Waals surface area contributed by atoms with Crippen molar-refractivity contribution in [3.05, 3.63) is 41.0 Å². The second-order valence-corrected chi connectivity index (χ2v) is 9.00. The quantitative estimate of drug-likeness (QED) is 0.242. The highest BCUT2D eigenvalue weighted by atomic mass is 16.5. The first-order chi connectivity index (χ1) is 18.3. The summed E-state index contributed by atoms with van der Waals surface area (Å²) in [5.74, 6) is 5.80. The molecule has 206 valence electrons. The zero-order valence-electron chi connectivity index (χ0n) is 23.0. The van der Waals surface area contributed by atoms with Crippen LogP contribution in [-0.4, -0.2) is 64.3 Å². The number of carbonyl (C=O) groups excluding carboxylic acids is 1. The Hall–Kier alpha value is -3.61. The van der Waals surface area contributed by atoms with Crippen molar-refractivity contribution in [2.24, 2.45) is 0 Å². The zero-order chi connectivity index (χ0) is 27.7. The van der Waals surface area contributed by atoms with E-state index in [9.17, 15) is 10.0 Å². The number of hydrogen-bond donors (Lipinski definition) is 1.